The van der Waals surface area contributed by atoms with E-state index >= 15 is 0 Å². The highest BCUT2D eigenvalue weighted by Gasteiger charge is 2.47. The first-order valence-electron chi connectivity index (χ1n) is 7.88. The van der Waals surface area contributed by atoms with Crippen LogP contribution >= 0.6 is 0 Å². The van der Waals surface area contributed by atoms with E-state index in [9.17, 15) is 4.79 Å². The van der Waals surface area contributed by atoms with Gasteiger partial charge in [-0.05, 0) is 45.6 Å². The number of carbonyl (C=O) groups excluding carboxylic acids is 1. The van der Waals surface area contributed by atoms with Gasteiger partial charge in [0.25, 0.3) is 0 Å². The van der Waals surface area contributed by atoms with Crippen LogP contribution in [0.25, 0.3) is 0 Å². The number of hydrogen-bond acceptors (Lipinski definition) is 5. The largest absolute Gasteiger partial charge is 0.465 e. The van der Waals surface area contributed by atoms with Crippen LogP contribution in [0.2, 0.25) is 0 Å². The van der Waals surface area contributed by atoms with E-state index in [2.05, 4.69) is 10.2 Å². The Balaban J connectivity index is 2.13. The van der Waals surface area contributed by atoms with E-state index in [4.69, 9.17) is 9.47 Å². The maximum absolute atomic E-state index is 12.6. The van der Waals surface area contributed by atoms with Crippen molar-refractivity contribution in [2.24, 2.45) is 0 Å². The highest BCUT2D eigenvalue weighted by molar-refractivity contribution is 5.81. The number of nitrogens with one attached hydrogen (secondary N) is 1. The number of nitrogens with zero attached hydrogens (tertiary/aromatic N) is 1. The molecule has 0 bridgehead atoms. The molecule has 0 aromatic heterocycles. The van der Waals surface area contributed by atoms with Crippen LogP contribution in [-0.4, -0.2) is 62.4 Å². The lowest BCUT2D eigenvalue weighted by Crippen LogP contribution is -2.58. The average Bonchev–Trinajstić information content (AvgIpc) is 2.77. The molecule has 1 saturated carbocycles. The summed E-state index contributed by atoms with van der Waals surface area (Å²) in [5, 5.41) is 3.41. The zero-order chi connectivity index (χ0) is 14.4. The summed E-state index contributed by atoms with van der Waals surface area (Å²) in [6, 6.07) is 0. The molecule has 0 amide bonds. The van der Waals surface area contributed by atoms with Gasteiger partial charge in [0.05, 0.1) is 12.7 Å². The Labute approximate surface area is 122 Å². The first kappa shape index (κ1) is 15.7. The third kappa shape index (κ3) is 3.32. The molecule has 0 spiro atoms. The van der Waals surface area contributed by atoms with Crippen LogP contribution in [0.5, 0.6) is 0 Å². The van der Waals surface area contributed by atoms with E-state index in [0.717, 1.165) is 58.3 Å². The zero-order valence-corrected chi connectivity index (χ0v) is 12.8. The van der Waals surface area contributed by atoms with Crippen LogP contribution in [0.15, 0.2) is 0 Å². The van der Waals surface area contributed by atoms with Crippen molar-refractivity contribution < 1.29 is 14.3 Å². The van der Waals surface area contributed by atoms with Crippen LogP contribution < -0.4 is 5.32 Å². The minimum atomic E-state index is -0.420. The van der Waals surface area contributed by atoms with Gasteiger partial charge in [0, 0.05) is 26.7 Å². The fourth-order valence-electron chi connectivity index (χ4n) is 3.49. The molecule has 1 heterocycles. The lowest BCUT2D eigenvalue weighted by atomic mass is 9.78. The van der Waals surface area contributed by atoms with Crippen molar-refractivity contribution in [3.63, 3.8) is 0 Å². The van der Waals surface area contributed by atoms with Crippen molar-refractivity contribution in [2.45, 2.75) is 50.7 Å². The Morgan fingerprint density at radius 3 is 2.70 bits per heavy atom. The molecule has 1 saturated heterocycles. The summed E-state index contributed by atoms with van der Waals surface area (Å²) in [6.07, 6.45) is 4.98. The van der Waals surface area contributed by atoms with E-state index < -0.39 is 5.54 Å². The molecule has 0 aromatic rings. The number of rotatable bonds is 4. The SMILES string of the molecule is CCOC(=O)C1(N2CCCNCC2)CCC(OC)CC1. The van der Waals surface area contributed by atoms with E-state index in [-0.39, 0.29) is 5.97 Å². The number of esters is 1. The fourth-order valence-corrected chi connectivity index (χ4v) is 3.49. The second-order valence-corrected chi connectivity index (χ2v) is 5.78. The van der Waals surface area contributed by atoms with E-state index in [1.807, 2.05) is 6.92 Å². The average molecular weight is 284 g/mol. The predicted molar refractivity (Wildman–Crippen MR) is 77.7 cm³/mol. The Morgan fingerprint density at radius 1 is 1.30 bits per heavy atom. The van der Waals surface area contributed by atoms with Crippen LogP contribution in [0, 0.1) is 0 Å². The van der Waals surface area contributed by atoms with Crippen molar-refractivity contribution in [2.75, 3.05) is 39.9 Å². The molecule has 5 heteroatoms. The lowest BCUT2D eigenvalue weighted by Gasteiger charge is -2.45. The molecular formula is C15H28N2O3. The van der Waals surface area contributed by atoms with Crippen molar-refractivity contribution in [3.8, 4) is 0 Å². The highest BCUT2D eigenvalue weighted by Crippen LogP contribution is 2.36. The summed E-state index contributed by atoms with van der Waals surface area (Å²) in [5.74, 6) is -0.0311. The van der Waals surface area contributed by atoms with Gasteiger partial charge in [-0.1, -0.05) is 0 Å². The Bertz CT molecular complexity index is 306. The van der Waals surface area contributed by atoms with Gasteiger partial charge in [-0.25, -0.2) is 0 Å². The maximum atomic E-state index is 12.6. The molecule has 1 aliphatic heterocycles. The molecule has 2 rings (SSSR count). The van der Waals surface area contributed by atoms with Crippen molar-refractivity contribution >= 4 is 5.97 Å². The molecule has 0 radical (unpaired) electrons. The Morgan fingerprint density at radius 2 is 2.05 bits per heavy atom. The first-order valence-corrected chi connectivity index (χ1v) is 7.88. The minimum absolute atomic E-state index is 0.0311. The zero-order valence-electron chi connectivity index (χ0n) is 12.8. The van der Waals surface area contributed by atoms with Crippen molar-refractivity contribution in [1.82, 2.24) is 10.2 Å². The molecule has 0 unspecified atom stereocenters. The molecule has 0 atom stereocenters. The summed E-state index contributed by atoms with van der Waals surface area (Å²) in [4.78, 5) is 15.0. The van der Waals surface area contributed by atoms with Gasteiger partial charge in [0.2, 0.25) is 0 Å². The normalized spacial score (nSPS) is 32.6. The van der Waals surface area contributed by atoms with Crippen molar-refractivity contribution in [3.05, 3.63) is 0 Å². The van der Waals surface area contributed by atoms with Gasteiger partial charge in [-0.2, -0.15) is 0 Å². The van der Waals surface area contributed by atoms with Crippen LogP contribution in [0.3, 0.4) is 0 Å². The third-order valence-corrected chi connectivity index (χ3v) is 4.69. The summed E-state index contributed by atoms with van der Waals surface area (Å²) >= 11 is 0. The minimum Gasteiger partial charge on any atom is -0.465 e. The topological polar surface area (TPSA) is 50.8 Å². The second-order valence-electron chi connectivity index (χ2n) is 5.78. The van der Waals surface area contributed by atoms with E-state index in [1.165, 1.54) is 0 Å². The quantitative estimate of drug-likeness (QED) is 0.786. The molecule has 2 aliphatic rings. The molecule has 0 aromatic carbocycles. The summed E-state index contributed by atoms with van der Waals surface area (Å²) in [5.41, 5.74) is -0.420. The van der Waals surface area contributed by atoms with Gasteiger partial charge in [-0.15, -0.1) is 0 Å². The smallest absolute Gasteiger partial charge is 0.326 e. The lowest BCUT2D eigenvalue weighted by molar-refractivity contribution is -0.162. The fraction of sp³-hybridized carbons (Fsp3) is 0.933. The van der Waals surface area contributed by atoms with Gasteiger partial charge < -0.3 is 14.8 Å². The van der Waals surface area contributed by atoms with Gasteiger partial charge in [0.1, 0.15) is 5.54 Å². The number of ether oxygens (including phenoxy) is 2. The summed E-state index contributed by atoms with van der Waals surface area (Å²) < 4.78 is 10.9. The summed E-state index contributed by atoms with van der Waals surface area (Å²) in [7, 11) is 1.76. The number of hydrogen-bond donors (Lipinski definition) is 1. The van der Waals surface area contributed by atoms with E-state index in [0.29, 0.717) is 12.7 Å². The van der Waals surface area contributed by atoms with Crippen LogP contribution in [0.1, 0.15) is 39.0 Å². The standard InChI is InChI=1S/C15H28N2O3/c1-3-20-14(18)15(7-5-13(19-2)6-8-15)17-11-4-9-16-10-12-17/h13,16H,3-12H2,1-2H3. The molecular weight excluding hydrogens is 256 g/mol. The Hall–Kier alpha value is -0.650. The second kappa shape index (κ2) is 7.38. The number of carbonyl (C=O) groups is 1. The van der Waals surface area contributed by atoms with Gasteiger partial charge in [0.15, 0.2) is 0 Å². The molecule has 1 aliphatic carbocycles. The first-order chi connectivity index (χ1) is 9.73. The maximum Gasteiger partial charge on any atom is 0.326 e. The molecule has 1 N–H and O–H groups in total. The third-order valence-electron chi connectivity index (χ3n) is 4.69. The van der Waals surface area contributed by atoms with E-state index in [1.54, 1.807) is 7.11 Å². The summed E-state index contributed by atoms with van der Waals surface area (Å²) in [6.45, 7) is 6.24. The van der Waals surface area contributed by atoms with Gasteiger partial charge >= 0.3 is 5.97 Å². The molecule has 116 valence electrons. The molecule has 2 fully saturated rings. The van der Waals surface area contributed by atoms with Crippen LogP contribution in [-0.2, 0) is 14.3 Å². The van der Waals surface area contributed by atoms with Crippen LogP contribution in [0.4, 0.5) is 0 Å². The highest BCUT2D eigenvalue weighted by atomic mass is 16.5. The van der Waals surface area contributed by atoms with Crippen molar-refractivity contribution in [1.29, 1.82) is 0 Å². The predicted octanol–water partition coefficient (Wildman–Crippen LogP) is 1.17. The monoisotopic (exact) mass is 284 g/mol. The number of methoxy groups -OCH3 is 1. The van der Waals surface area contributed by atoms with Gasteiger partial charge in [-0.3, -0.25) is 9.69 Å². The molecule has 5 nitrogen and oxygen atoms in total. The Kier molecular flexibility index (Phi) is 5.81. The molecule has 20 heavy (non-hydrogen) atoms.